The lowest BCUT2D eigenvalue weighted by Gasteiger charge is -2.21. The smallest absolute Gasteiger partial charge is 0.354 e. The molecule has 0 unspecified atom stereocenters. The first kappa shape index (κ1) is 17.6. The van der Waals surface area contributed by atoms with Crippen molar-refractivity contribution in [2.45, 2.75) is 20.4 Å². The van der Waals surface area contributed by atoms with Crippen molar-refractivity contribution in [2.75, 3.05) is 39.5 Å². The Balaban J connectivity index is 2.60. The van der Waals surface area contributed by atoms with Crippen molar-refractivity contribution < 1.29 is 19.4 Å². The number of carboxylic acids is 1. The largest absolute Gasteiger partial charge is 0.477 e. The topological polar surface area (TPSA) is 71.9 Å². The SMILES string of the molecule is CCOCCN(CCOCC)Cc1cccc(C(=O)O)n1. The molecule has 0 aromatic carbocycles. The first-order valence-electron chi connectivity index (χ1n) is 7.24. The third-order valence-corrected chi connectivity index (χ3v) is 2.92. The fourth-order valence-corrected chi connectivity index (χ4v) is 1.86. The van der Waals surface area contributed by atoms with Gasteiger partial charge in [-0.3, -0.25) is 4.90 Å². The summed E-state index contributed by atoms with van der Waals surface area (Å²) in [6, 6.07) is 5.05. The highest BCUT2D eigenvalue weighted by Gasteiger charge is 2.10. The van der Waals surface area contributed by atoms with E-state index in [0.29, 0.717) is 33.0 Å². The summed E-state index contributed by atoms with van der Waals surface area (Å²) in [5.74, 6) is -1.01. The van der Waals surface area contributed by atoms with Crippen molar-refractivity contribution in [2.24, 2.45) is 0 Å². The van der Waals surface area contributed by atoms with Crippen molar-refractivity contribution in [3.63, 3.8) is 0 Å². The maximum absolute atomic E-state index is 10.9. The van der Waals surface area contributed by atoms with E-state index in [0.717, 1.165) is 18.8 Å². The van der Waals surface area contributed by atoms with Crippen molar-refractivity contribution >= 4 is 5.97 Å². The summed E-state index contributed by atoms with van der Waals surface area (Å²) in [6.07, 6.45) is 0. The second-order valence-corrected chi connectivity index (χ2v) is 4.49. The zero-order chi connectivity index (χ0) is 15.5. The molecule has 1 N–H and O–H groups in total. The molecule has 6 nitrogen and oxygen atoms in total. The normalized spacial score (nSPS) is 11.0. The Hall–Kier alpha value is -1.50. The second-order valence-electron chi connectivity index (χ2n) is 4.49. The standard InChI is InChI=1S/C15H24N2O4/c1-3-20-10-8-17(9-11-21-4-2)12-13-6-5-7-14(16-13)15(18)19/h5-7H,3-4,8-12H2,1-2H3,(H,18,19). The van der Waals surface area contributed by atoms with Crippen LogP contribution in [-0.2, 0) is 16.0 Å². The molecule has 0 fully saturated rings. The fraction of sp³-hybridized carbons (Fsp3) is 0.600. The molecule has 0 saturated heterocycles. The minimum absolute atomic E-state index is 0.0714. The van der Waals surface area contributed by atoms with Crippen molar-refractivity contribution in [1.82, 2.24) is 9.88 Å². The number of aromatic carboxylic acids is 1. The Kier molecular flexibility index (Phi) is 8.57. The molecule has 21 heavy (non-hydrogen) atoms. The molecule has 1 heterocycles. The third kappa shape index (κ3) is 7.17. The van der Waals surface area contributed by atoms with Gasteiger partial charge in [-0.05, 0) is 26.0 Å². The highest BCUT2D eigenvalue weighted by Crippen LogP contribution is 2.04. The molecule has 1 aromatic rings. The number of hydrogen-bond donors (Lipinski definition) is 1. The number of pyridine rings is 1. The molecule has 0 spiro atoms. The molecule has 0 aliphatic heterocycles. The van der Waals surface area contributed by atoms with Crippen molar-refractivity contribution in [3.8, 4) is 0 Å². The van der Waals surface area contributed by atoms with Crippen LogP contribution < -0.4 is 0 Å². The zero-order valence-corrected chi connectivity index (χ0v) is 12.7. The van der Waals surface area contributed by atoms with Crippen LogP contribution in [0.3, 0.4) is 0 Å². The van der Waals surface area contributed by atoms with Gasteiger partial charge in [-0.25, -0.2) is 9.78 Å². The van der Waals surface area contributed by atoms with Crippen LogP contribution in [0, 0.1) is 0 Å². The van der Waals surface area contributed by atoms with Crippen LogP contribution in [0.5, 0.6) is 0 Å². The minimum Gasteiger partial charge on any atom is -0.477 e. The second kappa shape index (κ2) is 10.3. The minimum atomic E-state index is -1.01. The van der Waals surface area contributed by atoms with E-state index in [1.807, 2.05) is 19.9 Å². The highest BCUT2D eigenvalue weighted by molar-refractivity contribution is 5.85. The summed E-state index contributed by atoms with van der Waals surface area (Å²) < 4.78 is 10.7. The Labute approximate surface area is 125 Å². The fourth-order valence-electron chi connectivity index (χ4n) is 1.86. The first-order valence-corrected chi connectivity index (χ1v) is 7.24. The van der Waals surface area contributed by atoms with E-state index in [1.54, 1.807) is 6.07 Å². The number of ether oxygens (including phenoxy) is 2. The number of carboxylic acid groups (broad SMARTS) is 1. The lowest BCUT2D eigenvalue weighted by atomic mass is 10.3. The molecule has 0 radical (unpaired) electrons. The first-order chi connectivity index (χ1) is 10.2. The van der Waals surface area contributed by atoms with Crippen molar-refractivity contribution in [3.05, 3.63) is 29.6 Å². The summed E-state index contributed by atoms with van der Waals surface area (Å²) in [7, 11) is 0. The van der Waals surface area contributed by atoms with Gasteiger partial charge in [-0.15, -0.1) is 0 Å². The van der Waals surface area contributed by atoms with Gasteiger partial charge in [0, 0.05) is 32.8 Å². The third-order valence-electron chi connectivity index (χ3n) is 2.92. The molecule has 1 aromatic heterocycles. The Morgan fingerprint density at radius 3 is 2.33 bits per heavy atom. The van der Waals surface area contributed by atoms with Crippen LogP contribution in [0.15, 0.2) is 18.2 Å². The number of hydrogen-bond acceptors (Lipinski definition) is 5. The maximum Gasteiger partial charge on any atom is 0.354 e. The average Bonchev–Trinajstić information content (AvgIpc) is 2.48. The summed E-state index contributed by atoms with van der Waals surface area (Å²) in [5.41, 5.74) is 0.810. The van der Waals surface area contributed by atoms with Gasteiger partial charge in [-0.1, -0.05) is 6.07 Å². The molecule has 0 atom stereocenters. The van der Waals surface area contributed by atoms with E-state index in [-0.39, 0.29) is 5.69 Å². The van der Waals surface area contributed by atoms with Crippen LogP contribution >= 0.6 is 0 Å². The molecule has 6 heteroatoms. The molecular weight excluding hydrogens is 272 g/mol. The van der Waals surface area contributed by atoms with E-state index in [1.165, 1.54) is 6.07 Å². The van der Waals surface area contributed by atoms with Crippen LogP contribution in [0.25, 0.3) is 0 Å². The van der Waals surface area contributed by atoms with Gasteiger partial charge in [0.1, 0.15) is 5.69 Å². The van der Waals surface area contributed by atoms with E-state index in [9.17, 15) is 4.79 Å². The number of carbonyl (C=O) groups is 1. The summed E-state index contributed by atoms with van der Waals surface area (Å²) in [6.45, 7) is 8.69. The van der Waals surface area contributed by atoms with Crippen LogP contribution in [-0.4, -0.2) is 60.5 Å². The summed E-state index contributed by atoms with van der Waals surface area (Å²) >= 11 is 0. The molecule has 0 aliphatic carbocycles. The van der Waals surface area contributed by atoms with Gasteiger partial charge in [-0.2, -0.15) is 0 Å². The number of rotatable bonds is 11. The quantitative estimate of drug-likeness (QED) is 0.626. The van der Waals surface area contributed by atoms with Crippen LogP contribution in [0.4, 0.5) is 0 Å². The predicted octanol–water partition coefficient (Wildman–Crippen LogP) is 1.65. The average molecular weight is 296 g/mol. The lowest BCUT2D eigenvalue weighted by molar-refractivity contribution is 0.0686. The molecular formula is C15H24N2O4. The monoisotopic (exact) mass is 296 g/mol. The van der Waals surface area contributed by atoms with Gasteiger partial charge in [0.05, 0.1) is 18.9 Å². The predicted molar refractivity (Wildman–Crippen MR) is 79.5 cm³/mol. The van der Waals surface area contributed by atoms with Gasteiger partial charge < -0.3 is 14.6 Å². The van der Waals surface area contributed by atoms with Crippen LogP contribution in [0.1, 0.15) is 30.0 Å². The molecule has 0 amide bonds. The Bertz CT molecular complexity index is 416. The van der Waals surface area contributed by atoms with Gasteiger partial charge in [0.25, 0.3) is 0 Å². The molecule has 118 valence electrons. The Morgan fingerprint density at radius 2 is 1.81 bits per heavy atom. The molecule has 0 bridgehead atoms. The number of nitrogens with zero attached hydrogens (tertiary/aromatic N) is 2. The van der Waals surface area contributed by atoms with Crippen LogP contribution in [0.2, 0.25) is 0 Å². The van der Waals surface area contributed by atoms with Crippen molar-refractivity contribution in [1.29, 1.82) is 0 Å². The summed E-state index contributed by atoms with van der Waals surface area (Å²) in [5, 5.41) is 8.97. The zero-order valence-electron chi connectivity index (χ0n) is 12.7. The Morgan fingerprint density at radius 1 is 1.19 bits per heavy atom. The van der Waals surface area contributed by atoms with E-state index in [4.69, 9.17) is 14.6 Å². The number of aromatic nitrogens is 1. The van der Waals surface area contributed by atoms with E-state index in [2.05, 4.69) is 9.88 Å². The van der Waals surface area contributed by atoms with Gasteiger partial charge >= 0.3 is 5.97 Å². The van der Waals surface area contributed by atoms with E-state index >= 15 is 0 Å². The lowest BCUT2D eigenvalue weighted by Crippen LogP contribution is -2.31. The van der Waals surface area contributed by atoms with Gasteiger partial charge in [0.2, 0.25) is 0 Å². The van der Waals surface area contributed by atoms with E-state index < -0.39 is 5.97 Å². The van der Waals surface area contributed by atoms with Gasteiger partial charge in [0.15, 0.2) is 0 Å². The maximum atomic E-state index is 10.9. The molecule has 1 rings (SSSR count). The highest BCUT2D eigenvalue weighted by atomic mass is 16.5. The molecule has 0 saturated carbocycles. The molecule has 0 aliphatic rings. The summed E-state index contributed by atoms with van der Waals surface area (Å²) in [4.78, 5) is 17.2.